The summed E-state index contributed by atoms with van der Waals surface area (Å²) in [5, 5.41) is 11.9. The van der Waals surface area contributed by atoms with Gasteiger partial charge in [0.05, 0.1) is 5.56 Å². The van der Waals surface area contributed by atoms with Crippen LogP contribution in [0.5, 0.6) is 0 Å². The molecule has 1 amide bonds. The third-order valence-electron chi connectivity index (χ3n) is 2.92. The zero-order valence-electron chi connectivity index (χ0n) is 11.3. The molecule has 2 aromatic carbocycles. The van der Waals surface area contributed by atoms with E-state index in [1.807, 2.05) is 13.0 Å². The summed E-state index contributed by atoms with van der Waals surface area (Å²) in [5.41, 5.74) is 3.43. The van der Waals surface area contributed by atoms with E-state index in [2.05, 4.69) is 5.32 Å². The number of hydrogen-bond donors (Lipinski definition) is 2. The Balaban J connectivity index is 2.43. The number of aromatic carboxylic acids is 1. The van der Waals surface area contributed by atoms with Crippen molar-refractivity contribution in [3.8, 4) is 11.1 Å². The van der Waals surface area contributed by atoms with Crippen LogP contribution in [0.2, 0.25) is 0 Å². The van der Waals surface area contributed by atoms with Crippen molar-refractivity contribution in [2.45, 2.75) is 13.8 Å². The molecule has 102 valence electrons. The molecule has 0 aliphatic heterocycles. The Morgan fingerprint density at radius 3 is 2.25 bits per heavy atom. The minimum absolute atomic E-state index is 0.139. The smallest absolute Gasteiger partial charge is 0.336 e. The lowest BCUT2D eigenvalue weighted by atomic mass is 9.97. The average Bonchev–Trinajstić information content (AvgIpc) is 2.38. The standard InChI is InChI=1S/C16H15NO3/c1-10-3-8-14(16(19)20)15(9-10)12-4-6-13(7-5-12)17-11(2)18/h3-9H,1-2H3,(H,17,18)(H,19,20). The Bertz CT molecular complexity index is 660. The number of carbonyl (C=O) groups excluding carboxylic acids is 1. The molecular weight excluding hydrogens is 254 g/mol. The van der Waals surface area contributed by atoms with E-state index in [4.69, 9.17) is 0 Å². The van der Waals surface area contributed by atoms with Crippen molar-refractivity contribution in [1.82, 2.24) is 0 Å². The molecule has 0 unspecified atom stereocenters. The van der Waals surface area contributed by atoms with Gasteiger partial charge in [-0.25, -0.2) is 4.79 Å². The molecule has 4 nitrogen and oxygen atoms in total. The van der Waals surface area contributed by atoms with Crippen LogP contribution in [0, 0.1) is 6.92 Å². The van der Waals surface area contributed by atoms with Gasteiger partial charge in [-0.05, 0) is 36.2 Å². The van der Waals surface area contributed by atoms with E-state index >= 15 is 0 Å². The van der Waals surface area contributed by atoms with E-state index in [9.17, 15) is 14.7 Å². The zero-order chi connectivity index (χ0) is 14.7. The van der Waals surface area contributed by atoms with Gasteiger partial charge in [0.2, 0.25) is 5.91 Å². The monoisotopic (exact) mass is 269 g/mol. The quantitative estimate of drug-likeness (QED) is 0.898. The Hall–Kier alpha value is -2.62. The van der Waals surface area contributed by atoms with Gasteiger partial charge in [0.15, 0.2) is 0 Å². The predicted molar refractivity (Wildman–Crippen MR) is 77.9 cm³/mol. The predicted octanol–water partition coefficient (Wildman–Crippen LogP) is 3.32. The van der Waals surface area contributed by atoms with Crippen LogP contribution in [0.1, 0.15) is 22.8 Å². The van der Waals surface area contributed by atoms with Gasteiger partial charge < -0.3 is 10.4 Å². The summed E-state index contributed by atoms with van der Waals surface area (Å²) in [6.45, 7) is 3.36. The summed E-state index contributed by atoms with van der Waals surface area (Å²) in [7, 11) is 0. The highest BCUT2D eigenvalue weighted by atomic mass is 16.4. The molecular formula is C16H15NO3. The fourth-order valence-corrected chi connectivity index (χ4v) is 2.02. The normalized spacial score (nSPS) is 10.1. The lowest BCUT2D eigenvalue weighted by Gasteiger charge is -2.09. The molecule has 0 fully saturated rings. The number of carboxylic acids is 1. The number of anilines is 1. The van der Waals surface area contributed by atoms with Gasteiger partial charge in [-0.15, -0.1) is 0 Å². The average molecular weight is 269 g/mol. The Labute approximate surface area is 117 Å². The van der Waals surface area contributed by atoms with Crippen molar-refractivity contribution in [3.05, 3.63) is 53.6 Å². The van der Waals surface area contributed by atoms with Crippen LogP contribution in [-0.2, 0) is 4.79 Å². The van der Waals surface area contributed by atoms with Crippen LogP contribution >= 0.6 is 0 Å². The summed E-state index contributed by atoms with van der Waals surface area (Å²) >= 11 is 0. The molecule has 2 rings (SSSR count). The molecule has 0 aliphatic rings. The number of carbonyl (C=O) groups is 2. The van der Waals surface area contributed by atoms with Crippen LogP contribution in [0.25, 0.3) is 11.1 Å². The topological polar surface area (TPSA) is 66.4 Å². The fourth-order valence-electron chi connectivity index (χ4n) is 2.02. The first-order chi connectivity index (χ1) is 9.47. The molecule has 0 heterocycles. The van der Waals surface area contributed by atoms with Gasteiger partial charge in [-0.2, -0.15) is 0 Å². The maximum Gasteiger partial charge on any atom is 0.336 e. The molecule has 20 heavy (non-hydrogen) atoms. The lowest BCUT2D eigenvalue weighted by molar-refractivity contribution is -0.114. The largest absolute Gasteiger partial charge is 0.478 e. The second-order valence-electron chi connectivity index (χ2n) is 4.61. The van der Waals surface area contributed by atoms with E-state index in [-0.39, 0.29) is 11.5 Å². The molecule has 4 heteroatoms. The molecule has 0 saturated carbocycles. The lowest BCUT2D eigenvalue weighted by Crippen LogP contribution is -2.05. The summed E-state index contributed by atoms with van der Waals surface area (Å²) in [6.07, 6.45) is 0. The Kier molecular flexibility index (Phi) is 3.84. The first-order valence-corrected chi connectivity index (χ1v) is 6.19. The van der Waals surface area contributed by atoms with E-state index in [1.54, 1.807) is 36.4 Å². The van der Waals surface area contributed by atoms with Crippen molar-refractivity contribution in [2.24, 2.45) is 0 Å². The zero-order valence-corrected chi connectivity index (χ0v) is 11.3. The van der Waals surface area contributed by atoms with Crippen LogP contribution in [-0.4, -0.2) is 17.0 Å². The highest BCUT2D eigenvalue weighted by Crippen LogP contribution is 2.26. The summed E-state index contributed by atoms with van der Waals surface area (Å²) in [5.74, 6) is -1.09. The Morgan fingerprint density at radius 1 is 1.05 bits per heavy atom. The number of carboxylic acid groups (broad SMARTS) is 1. The van der Waals surface area contributed by atoms with Crippen molar-refractivity contribution in [3.63, 3.8) is 0 Å². The third-order valence-corrected chi connectivity index (χ3v) is 2.92. The molecule has 2 N–H and O–H groups in total. The summed E-state index contributed by atoms with van der Waals surface area (Å²) in [4.78, 5) is 22.2. The molecule has 0 aromatic heterocycles. The van der Waals surface area contributed by atoms with Gasteiger partial charge in [-0.3, -0.25) is 4.79 Å². The number of nitrogens with one attached hydrogen (secondary N) is 1. The number of benzene rings is 2. The maximum absolute atomic E-state index is 11.3. The minimum atomic E-state index is -0.953. The summed E-state index contributed by atoms with van der Waals surface area (Å²) < 4.78 is 0. The van der Waals surface area contributed by atoms with Crippen LogP contribution in [0.3, 0.4) is 0 Å². The van der Waals surface area contributed by atoms with E-state index in [0.717, 1.165) is 11.1 Å². The van der Waals surface area contributed by atoms with Crippen molar-refractivity contribution >= 4 is 17.6 Å². The van der Waals surface area contributed by atoms with Crippen molar-refractivity contribution in [2.75, 3.05) is 5.32 Å². The minimum Gasteiger partial charge on any atom is -0.478 e. The fraction of sp³-hybridized carbons (Fsp3) is 0.125. The van der Waals surface area contributed by atoms with Gasteiger partial charge in [0.1, 0.15) is 0 Å². The second kappa shape index (κ2) is 5.57. The van der Waals surface area contributed by atoms with Gasteiger partial charge in [0, 0.05) is 12.6 Å². The molecule has 0 aliphatic carbocycles. The van der Waals surface area contributed by atoms with E-state index in [0.29, 0.717) is 11.3 Å². The molecule has 0 saturated heterocycles. The van der Waals surface area contributed by atoms with E-state index in [1.165, 1.54) is 6.92 Å². The molecule has 0 atom stereocenters. The van der Waals surface area contributed by atoms with Gasteiger partial charge in [-0.1, -0.05) is 29.8 Å². The highest BCUT2D eigenvalue weighted by molar-refractivity contribution is 5.96. The number of amides is 1. The Morgan fingerprint density at radius 2 is 1.70 bits per heavy atom. The molecule has 0 spiro atoms. The second-order valence-corrected chi connectivity index (χ2v) is 4.61. The van der Waals surface area contributed by atoms with Crippen LogP contribution in [0.15, 0.2) is 42.5 Å². The van der Waals surface area contributed by atoms with Crippen LogP contribution < -0.4 is 5.32 Å². The highest BCUT2D eigenvalue weighted by Gasteiger charge is 2.11. The van der Waals surface area contributed by atoms with Gasteiger partial charge in [0.25, 0.3) is 0 Å². The van der Waals surface area contributed by atoms with Crippen molar-refractivity contribution in [1.29, 1.82) is 0 Å². The number of aryl methyl sites for hydroxylation is 1. The van der Waals surface area contributed by atoms with E-state index < -0.39 is 5.97 Å². The first kappa shape index (κ1) is 13.8. The third kappa shape index (κ3) is 3.03. The van der Waals surface area contributed by atoms with Crippen molar-refractivity contribution < 1.29 is 14.7 Å². The summed E-state index contributed by atoms with van der Waals surface area (Å²) in [6, 6.07) is 12.3. The van der Waals surface area contributed by atoms with Crippen LogP contribution in [0.4, 0.5) is 5.69 Å². The van der Waals surface area contributed by atoms with Gasteiger partial charge >= 0.3 is 5.97 Å². The maximum atomic E-state index is 11.3. The molecule has 0 radical (unpaired) electrons. The molecule has 2 aromatic rings. The SMILES string of the molecule is CC(=O)Nc1ccc(-c2cc(C)ccc2C(=O)O)cc1. The number of rotatable bonds is 3. The number of hydrogen-bond acceptors (Lipinski definition) is 2. The first-order valence-electron chi connectivity index (χ1n) is 6.19. The molecule has 0 bridgehead atoms.